The van der Waals surface area contributed by atoms with E-state index in [9.17, 15) is 13.2 Å². The molecule has 0 aliphatic carbocycles. The Morgan fingerprint density at radius 3 is 2.60 bits per heavy atom. The predicted molar refractivity (Wildman–Crippen MR) is 75.4 cm³/mol. The number of hydrogen-bond acceptors (Lipinski definition) is 5. The number of methoxy groups -OCH3 is 1. The van der Waals surface area contributed by atoms with Gasteiger partial charge >= 0.3 is 5.97 Å². The maximum absolute atomic E-state index is 11.8. The molecule has 0 fully saturated rings. The van der Waals surface area contributed by atoms with E-state index in [0.29, 0.717) is 12.2 Å². The van der Waals surface area contributed by atoms with E-state index in [-0.39, 0.29) is 17.1 Å². The summed E-state index contributed by atoms with van der Waals surface area (Å²) in [6, 6.07) is 4.20. The smallest absolute Gasteiger partial charge is 0.338 e. The molecular formula is C13H17ClO5S. The third-order valence-corrected chi connectivity index (χ3v) is 4.00. The van der Waals surface area contributed by atoms with Crippen molar-refractivity contribution in [3.8, 4) is 0 Å². The van der Waals surface area contributed by atoms with E-state index in [0.717, 1.165) is 12.8 Å². The summed E-state index contributed by atoms with van der Waals surface area (Å²) in [5.41, 5.74) is 0.549. The van der Waals surface area contributed by atoms with Crippen LogP contribution in [0.3, 0.4) is 0 Å². The van der Waals surface area contributed by atoms with Crippen LogP contribution in [-0.2, 0) is 25.1 Å². The van der Waals surface area contributed by atoms with E-state index in [2.05, 4.69) is 0 Å². The van der Waals surface area contributed by atoms with Gasteiger partial charge in [0, 0.05) is 17.8 Å². The lowest BCUT2D eigenvalue weighted by Crippen LogP contribution is -2.09. The molecule has 0 spiro atoms. The van der Waals surface area contributed by atoms with Gasteiger partial charge in [-0.1, -0.05) is 19.4 Å². The highest BCUT2D eigenvalue weighted by atomic mass is 35.7. The molecule has 0 N–H and O–H groups in total. The second-order valence-corrected chi connectivity index (χ2v) is 6.72. The van der Waals surface area contributed by atoms with Crippen LogP contribution in [-0.4, -0.2) is 28.1 Å². The van der Waals surface area contributed by atoms with Crippen molar-refractivity contribution in [3.63, 3.8) is 0 Å². The van der Waals surface area contributed by atoms with Crippen molar-refractivity contribution in [3.05, 3.63) is 29.3 Å². The van der Waals surface area contributed by atoms with Crippen LogP contribution in [0.25, 0.3) is 0 Å². The highest BCUT2D eigenvalue weighted by molar-refractivity contribution is 8.13. The fraction of sp³-hybridized carbons (Fsp3) is 0.462. The minimum atomic E-state index is -3.95. The molecule has 5 nitrogen and oxygen atoms in total. The first-order valence-corrected chi connectivity index (χ1v) is 8.44. The fourth-order valence-corrected chi connectivity index (χ4v) is 2.71. The monoisotopic (exact) mass is 320 g/mol. The molecular weight excluding hydrogens is 304 g/mol. The van der Waals surface area contributed by atoms with Crippen LogP contribution in [0.4, 0.5) is 0 Å². The zero-order valence-electron chi connectivity index (χ0n) is 11.4. The van der Waals surface area contributed by atoms with E-state index in [1.807, 2.05) is 6.92 Å². The van der Waals surface area contributed by atoms with E-state index >= 15 is 0 Å². The van der Waals surface area contributed by atoms with Gasteiger partial charge in [-0.15, -0.1) is 0 Å². The number of carbonyl (C=O) groups is 1. The Bertz CT molecular complexity index is 568. The van der Waals surface area contributed by atoms with Gasteiger partial charge in [0.25, 0.3) is 9.05 Å². The van der Waals surface area contributed by atoms with E-state index in [1.165, 1.54) is 25.3 Å². The molecule has 0 aromatic heterocycles. The standard InChI is InChI=1S/C13H17ClO5S/c1-3-4-7-19-13(15)10-5-6-11(9-18-2)12(8-10)20(14,16)17/h5-6,8H,3-4,7,9H2,1-2H3. The maximum Gasteiger partial charge on any atom is 0.338 e. The Morgan fingerprint density at radius 2 is 2.05 bits per heavy atom. The molecule has 0 aliphatic heterocycles. The molecule has 0 saturated carbocycles. The van der Waals surface area contributed by atoms with Crippen molar-refractivity contribution in [1.29, 1.82) is 0 Å². The summed E-state index contributed by atoms with van der Waals surface area (Å²) in [7, 11) is 2.86. The summed E-state index contributed by atoms with van der Waals surface area (Å²) >= 11 is 0. The molecule has 0 aliphatic rings. The van der Waals surface area contributed by atoms with Gasteiger partial charge in [-0.2, -0.15) is 0 Å². The zero-order chi connectivity index (χ0) is 15.2. The Kier molecular flexibility index (Phi) is 6.45. The summed E-state index contributed by atoms with van der Waals surface area (Å²) in [6.45, 7) is 2.37. The summed E-state index contributed by atoms with van der Waals surface area (Å²) in [5, 5.41) is 0. The molecule has 1 rings (SSSR count). The third kappa shape index (κ3) is 4.77. The number of rotatable bonds is 7. The van der Waals surface area contributed by atoms with Crippen molar-refractivity contribution in [2.45, 2.75) is 31.3 Å². The van der Waals surface area contributed by atoms with E-state index in [4.69, 9.17) is 20.2 Å². The molecule has 0 heterocycles. The van der Waals surface area contributed by atoms with Crippen molar-refractivity contribution >= 4 is 25.7 Å². The van der Waals surface area contributed by atoms with Crippen LogP contribution in [0.5, 0.6) is 0 Å². The van der Waals surface area contributed by atoms with E-state index < -0.39 is 15.0 Å². The average Bonchev–Trinajstić information content (AvgIpc) is 2.38. The first-order valence-electron chi connectivity index (χ1n) is 6.13. The van der Waals surface area contributed by atoms with Crippen LogP contribution < -0.4 is 0 Å². The number of halogens is 1. The molecule has 0 atom stereocenters. The largest absolute Gasteiger partial charge is 0.462 e. The molecule has 1 aromatic carbocycles. The Morgan fingerprint density at radius 1 is 1.35 bits per heavy atom. The lowest BCUT2D eigenvalue weighted by atomic mass is 10.1. The fourth-order valence-electron chi connectivity index (χ4n) is 1.58. The van der Waals surface area contributed by atoms with Crippen LogP contribution >= 0.6 is 10.7 Å². The second-order valence-electron chi connectivity index (χ2n) is 4.18. The van der Waals surface area contributed by atoms with Crippen LogP contribution in [0.15, 0.2) is 23.1 Å². The van der Waals surface area contributed by atoms with Gasteiger partial charge in [0.2, 0.25) is 0 Å². The van der Waals surface area contributed by atoms with Crippen LogP contribution in [0, 0.1) is 0 Å². The minimum absolute atomic E-state index is 0.0897. The number of esters is 1. The predicted octanol–water partition coefficient (Wildman–Crippen LogP) is 2.72. The molecule has 0 saturated heterocycles. The number of hydrogen-bond donors (Lipinski definition) is 0. The quantitative estimate of drug-likeness (QED) is 0.439. The van der Waals surface area contributed by atoms with Crippen molar-refractivity contribution in [2.75, 3.05) is 13.7 Å². The molecule has 0 bridgehead atoms. The molecule has 0 unspecified atom stereocenters. The molecule has 0 amide bonds. The average molecular weight is 321 g/mol. The van der Waals surface area contributed by atoms with Crippen molar-refractivity contribution < 1.29 is 22.7 Å². The van der Waals surface area contributed by atoms with E-state index in [1.54, 1.807) is 0 Å². The Balaban J connectivity index is 3.03. The van der Waals surface area contributed by atoms with Crippen LogP contribution in [0.2, 0.25) is 0 Å². The van der Waals surface area contributed by atoms with Gasteiger partial charge in [-0.05, 0) is 24.1 Å². The molecule has 20 heavy (non-hydrogen) atoms. The lowest BCUT2D eigenvalue weighted by Gasteiger charge is -2.09. The van der Waals surface area contributed by atoms with Gasteiger partial charge in [0.05, 0.1) is 23.7 Å². The summed E-state index contributed by atoms with van der Waals surface area (Å²) in [4.78, 5) is 11.6. The zero-order valence-corrected chi connectivity index (χ0v) is 13.0. The Labute approximate surface area is 123 Å². The number of unbranched alkanes of at least 4 members (excludes halogenated alkanes) is 1. The molecule has 1 aromatic rings. The molecule has 7 heteroatoms. The SMILES string of the molecule is CCCCOC(=O)c1ccc(COC)c(S(=O)(=O)Cl)c1. The third-order valence-electron chi connectivity index (χ3n) is 2.60. The topological polar surface area (TPSA) is 69.7 Å². The first-order chi connectivity index (χ1) is 9.40. The summed E-state index contributed by atoms with van der Waals surface area (Å²) < 4.78 is 33.0. The van der Waals surface area contributed by atoms with Crippen molar-refractivity contribution in [2.24, 2.45) is 0 Å². The summed E-state index contributed by atoms with van der Waals surface area (Å²) in [5.74, 6) is -0.566. The maximum atomic E-state index is 11.8. The number of benzene rings is 1. The second kappa shape index (κ2) is 7.61. The van der Waals surface area contributed by atoms with Gasteiger partial charge < -0.3 is 9.47 Å². The normalized spacial score (nSPS) is 11.3. The van der Waals surface area contributed by atoms with Gasteiger partial charge in [-0.25, -0.2) is 13.2 Å². The Hall–Kier alpha value is -1.11. The van der Waals surface area contributed by atoms with Gasteiger partial charge in [0.1, 0.15) is 0 Å². The highest BCUT2D eigenvalue weighted by Gasteiger charge is 2.19. The highest BCUT2D eigenvalue weighted by Crippen LogP contribution is 2.23. The van der Waals surface area contributed by atoms with Gasteiger partial charge in [-0.3, -0.25) is 0 Å². The molecule has 112 valence electrons. The first kappa shape index (κ1) is 16.9. The minimum Gasteiger partial charge on any atom is -0.462 e. The lowest BCUT2D eigenvalue weighted by molar-refractivity contribution is 0.0499. The van der Waals surface area contributed by atoms with Gasteiger partial charge in [0.15, 0.2) is 0 Å². The number of carbonyl (C=O) groups excluding carboxylic acids is 1. The molecule has 0 radical (unpaired) electrons. The van der Waals surface area contributed by atoms with Crippen molar-refractivity contribution in [1.82, 2.24) is 0 Å². The van der Waals surface area contributed by atoms with Crippen LogP contribution in [0.1, 0.15) is 35.7 Å². The summed E-state index contributed by atoms with van der Waals surface area (Å²) in [6.07, 6.45) is 1.66. The number of ether oxygens (including phenoxy) is 2.